The van der Waals surface area contributed by atoms with E-state index in [0.29, 0.717) is 11.3 Å². The summed E-state index contributed by atoms with van der Waals surface area (Å²) in [6, 6.07) is 11.0. The number of hydrogen-bond donors (Lipinski definition) is 1. The van der Waals surface area contributed by atoms with Crippen LogP contribution in [0.2, 0.25) is 5.02 Å². The maximum Gasteiger partial charge on any atom is 0.307 e. The normalized spacial score (nSPS) is 10.2. The highest BCUT2D eigenvalue weighted by molar-refractivity contribution is 6.31. The molecule has 5 nitrogen and oxygen atoms in total. The van der Waals surface area contributed by atoms with Crippen molar-refractivity contribution in [2.45, 2.75) is 13.0 Å². The van der Waals surface area contributed by atoms with Crippen molar-refractivity contribution in [3.63, 3.8) is 0 Å². The summed E-state index contributed by atoms with van der Waals surface area (Å²) in [6.45, 7) is -0.175. The van der Waals surface area contributed by atoms with Crippen molar-refractivity contribution in [3.8, 4) is 5.75 Å². The van der Waals surface area contributed by atoms with E-state index in [0.717, 1.165) is 0 Å². The molecular weight excluding hydrogens is 349 g/mol. The van der Waals surface area contributed by atoms with Crippen LogP contribution in [-0.2, 0) is 16.1 Å². The number of rotatable bonds is 7. The monoisotopic (exact) mass is 365 g/mol. The Hall–Kier alpha value is -2.60. The third kappa shape index (κ3) is 5.19. The topological polar surface area (TPSA) is 64.6 Å². The first-order valence-electron chi connectivity index (χ1n) is 7.52. The molecule has 0 spiro atoms. The molecule has 1 amide bonds. The standard InChI is InChI=1S/C18H17ClFNO4/c1-24-16-8-3-2-5-12(16)18(23)21-10-9-17(22)25-11-13-14(19)6-4-7-15(13)20/h2-8H,9-11H2,1H3,(H,21,23). The van der Waals surface area contributed by atoms with Crippen LogP contribution < -0.4 is 10.1 Å². The van der Waals surface area contributed by atoms with Crippen LogP contribution in [0.4, 0.5) is 4.39 Å². The van der Waals surface area contributed by atoms with Crippen molar-refractivity contribution >= 4 is 23.5 Å². The smallest absolute Gasteiger partial charge is 0.307 e. The fraction of sp³-hybridized carbons (Fsp3) is 0.222. The summed E-state index contributed by atoms with van der Waals surface area (Å²) < 4.78 is 23.7. The van der Waals surface area contributed by atoms with Gasteiger partial charge in [-0.2, -0.15) is 0 Å². The highest BCUT2D eigenvalue weighted by Gasteiger charge is 2.13. The molecule has 0 aliphatic carbocycles. The number of carbonyl (C=O) groups excluding carboxylic acids is 2. The average Bonchev–Trinajstić information content (AvgIpc) is 2.61. The van der Waals surface area contributed by atoms with Gasteiger partial charge in [-0.1, -0.05) is 29.8 Å². The number of esters is 1. The quantitative estimate of drug-likeness (QED) is 0.764. The van der Waals surface area contributed by atoms with Crippen LogP contribution in [0.3, 0.4) is 0 Å². The lowest BCUT2D eigenvalue weighted by Crippen LogP contribution is -2.26. The SMILES string of the molecule is COc1ccccc1C(=O)NCCC(=O)OCc1c(F)cccc1Cl. The van der Waals surface area contributed by atoms with E-state index in [1.807, 2.05) is 0 Å². The highest BCUT2D eigenvalue weighted by Crippen LogP contribution is 2.20. The van der Waals surface area contributed by atoms with E-state index in [1.165, 1.54) is 25.3 Å². The number of methoxy groups -OCH3 is 1. The van der Waals surface area contributed by atoms with Crippen molar-refractivity contribution in [2.75, 3.05) is 13.7 Å². The molecule has 25 heavy (non-hydrogen) atoms. The van der Waals surface area contributed by atoms with Gasteiger partial charge in [0.15, 0.2) is 0 Å². The third-order valence-electron chi connectivity index (χ3n) is 3.41. The molecular formula is C18H17ClFNO4. The molecule has 132 valence electrons. The Morgan fingerprint density at radius 1 is 1.16 bits per heavy atom. The molecule has 0 aliphatic rings. The van der Waals surface area contributed by atoms with Gasteiger partial charge in [0.1, 0.15) is 18.2 Å². The minimum Gasteiger partial charge on any atom is -0.496 e. The molecule has 0 radical (unpaired) electrons. The predicted molar refractivity (Wildman–Crippen MR) is 91.2 cm³/mol. The van der Waals surface area contributed by atoms with Gasteiger partial charge in [0.05, 0.1) is 24.1 Å². The summed E-state index contributed by atoms with van der Waals surface area (Å²) in [5, 5.41) is 2.80. The number of benzene rings is 2. The summed E-state index contributed by atoms with van der Waals surface area (Å²) in [7, 11) is 1.47. The van der Waals surface area contributed by atoms with Crippen LogP contribution in [0.15, 0.2) is 42.5 Å². The largest absolute Gasteiger partial charge is 0.496 e. The van der Waals surface area contributed by atoms with Crippen LogP contribution in [0.5, 0.6) is 5.75 Å². The van der Waals surface area contributed by atoms with Gasteiger partial charge in [-0.05, 0) is 24.3 Å². The number of hydrogen-bond acceptors (Lipinski definition) is 4. The highest BCUT2D eigenvalue weighted by atomic mass is 35.5. The Morgan fingerprint density at radius 2 is 1.92 bits per heavy atom. The van der Waals surface area contributed by atoms with Gasteiger partial charge in [-0.3, -0.25) is 9.59 Å². The van der Waals surface area contributed by atoms with Crippen molar-refractivity contribution in [1.29, 1.82) is 0 Å². The van der Waals surface area contributed by atoms with Gasteiger partial charge in [-0.15, -0.1) is 0 Å². The summed E-state index contributed by atoms with van der Waals surface area (Å²) in [5.41, 5.74) is 0.493. The second-order valence-corrected chi connectivity index (χ2v) is 5.47. The lowest BCUT2D eigenvalue weighted by molar-refractivity contribution is -0.144. The van der Waals surface area contributed by atoms with Gasteiger partial charge in [0.25, 0.3) is 5.91 Å². The molecule has 0 fully saturated rings. The number of carbonyl (C=O) groups is 2. The maximum absolute atomic E-state index is 13.6. The Kier molecular flexibility index (Phi) is 6.77. The summed E-state index contributed by atoms with van der Waals surface area (Å²) in [5.74, 6) is -1.02. The Labute approximate surface area is 149 Å². The molecule has 2 aromatic rings. The Bertz CT molecular complexity index is 746. The van der Waals surface area contributed by atoms with E-state index in [1.54, 1.807) is 24.3 Å². The minimum absolute atomic E-state index is 0.0487. The third-order valence-corrected chi connectivity index (χ3v) is 3.76. The molecule has 1 N–H and O–H groups in total. The molecule has 0 unspecified atom stereocenters. The first-order valence-corrected chi connectivity index (χ1v) is 7.90. The molecule has 7 heteroatoms. The van der Waals surface area contributed by atoms with Gasteiger partial charge >= 0.3 is 5.97 Å². The summed E-state index contributed by atoms with van der Waals surface area (Å²) >= 11 is 5.86. The molecule has 2 rings (SSSR count). The second kappa shape index (κ2) is 9.03. The van der Waals surface area contributed by atoms with E-state index in [-0.39, 0.29) is 36.1 Å². The van der Waals surface area contributed by atoms with Gasteiger partial charge in [0, 0.05) is 12.1 Å². The van der Waals surface area contributed by atoms with Crippen LogP contribution in [0.25, 0.3) is 0 Å². The van der Waals surface area contributed by atoms with Gasteiger partial charge in [-0.25, -0.2) is 4.39 Å². The lowest BCUT2D eigenvalue weighted by atomic mass is 10.2. The number of para-hydroxylation sites is 1. The van der Waals surface area contributed by atoms with E-state index in [9.17, 15) is 14.0 Å². The van der Waals surface area contributed by atoms with E-state index in [4.69, 9.17) is 21.1 Å². The molecule has 0 aliphatic heterocycles. The molecule has 0 saturated heterocycles. The van der Waals surface area contributed by atoms with Crippen LogP contribution in [0.1, 0.15) is 22.3 Å². The average molecular weight is 366 g/mol. The first kappa shape index (κ1) is 18.7. The lowest BCUT2D eigenvalue weighted by Gasteiger charge is -2.10. The van der Waals surface area contributed by atoms with E-state index in [2.05, 4.69) is 5.32 Å². The van der Waals surface area contributed by atoms with Crippen LogP contribution in [0, 0.1) is 5.82 Å². The fourth-order valence-electron chi connectivity index (χ4n) is 2.10. The van der Waals surface area contributed by atoms with Crippen molar-refractivity contribution in [3.05, 3.63) is 64.4 Å². The molecule has 0 saturated carbocycles. The Morgan fingerprint density at radius 3 is 2.64 bits per heavy atom. The first-order chi connectivity index (χ1) is 12.0. The van der Waals surface area contributed by atoms with Crippen LogP contribution >= 0.6 is 11.6 Å². The van der Waals surface area contributed by atoms with Gasteiger partial charge < -0.3 is 14.8 Å². The summed E-state index contributed by atoms with van der Waals surface area (Å²) in [6.07, 6.45) is -0.0487. The predicted octanol–water partition coefficient (Wildman–Crippen LogP) is 3.35. The van der Waals surface area contributed by atoms with E-state index >= 15 is 0 Å². The molecule has 2 aromatic carbocycles. The van der Waals surface area contributed by atoms with Gasteiger partial charge in [0.2, 0.25) is 0 Å². The zero-order valence-electron chi connectivity index (χ0n) is 13.6. The fourth-order valence-corrected chi connectivity index (χ4v) is 2.32. The number of amides is 1. The second-order valence-electron chi connectivity index (χ2n) is 5.07. The minimum atomic E-state index is -0.570. The number of ether oxygens (including phenoxy) is 2. The van der Waals surface area contributed by atoms with Crippen LogP contribution in [-0.4, -0.2) is 25.5 Å². The molecule has 0 atom stereocenters. The zero-order valence-corrected chi connectivity index (χ0v) is 14.3. The molecule has 0 bridgehead atoms. The summed E-state index contributed by atoms with van der Waals surface area (Å²) in [4.78, 5) is 23.8. The van der Waals surface area contributed by atoms with E-state index < -0.39 is 11.8 Å². The van der Waals surface area contributed by atoms with Crippen molar-refractivity contribution in [1.82, 2.24) is 5.32 Å². The van der Waals surface area contributed by atoms with Crippen molar-refractivity contribution < 1.29 is 23.5 Å². The number of nitrogens with one attached hydrogen (secondary N) is 1. The molecule has 0 aromatic heterocycles. The zero-order chi connectivity index (χ0) is 18.2. The maximum atomic E-state index is 13.6. The molecule has 0 heterocycles. The Balaban J connectivity index is 1.80. The number of halogens is 2. The van der Waals surface area contributed by atoms with Crippen molar-refractivity contribution in [2.24, 2.45) is 0 Å².